The maximum Gasteiger partial charge on any atom is 0.267 e. The van der Waals surface area contributed by atoms with Gasteiger partial charge < -0.3 is 10.4 Å². The minimum absolute atomic E-state index is 0.0103. The summed E-state index contributed by atoms with van der Waals surface area (Å²) in [6, 6.07) is 3.64. The number of fused-ring (bicyclic) bond motifs is 1. The number of carbonyl (C=O) groups excluding carboxylic acids is 1. The van der Waals surface area contributed by atoms with E-state index in [1.165, 1.54) is 16.2 Å². The Bertz CT molecular complexity index is 1030. The zero-order valence-corrected chi connectivity index (χ0v) is 17.6. The number of hydrogen-bond donors (Lipinski definition) is 2. The van der Waals surface area contributed by atoms with Gasteiger partial charge in [-0.05, 0) is 38.0 Å². The number of pyridine rings is 1. The van der Waals surface area contributed by atoms with Crippen LogP contribution in [0.1, 0.15) is 31.4 Å². The van der Waals surface area contributed by atoms with Gasteiger partial charge in [-0.15, -0.1) is 0 Å². The zero-order chi connectivity index (χ0) is 20.4. The van der Waals surface area contributed by atoms with Crippen LogP contribution in [0.3, 0.4) is 0 Å². The van der Waals surface area contributed by atoms with Crippen molar-refractivity contribution in [2.45, 2.75) is 33.2 Å². The number of nitrogens with zero attached hydrogens (tertiary/aromatic N) is 3. The number of aliphatic hydroxyl groups is 1. The second-order valence-corrected chi connectivity index (χ2v) is 8.20. The van der Waals surface area contributed by atoms with Crippen molar-refractivity contribution in [3.63, 3.8) is 0 Å². The molecule has 9 heteroatoms. The maximum atomic E-state index is 13.1. The van der Waals surface area contributed by atoms with E-state index in [4.69, 9.17) is 17.3 Å². The van der Waals surface area contributed by atoms with Gasteiger partial charge in [-0.2, -0.15) is 0 Å². The van der Waals surface area contributed by atoms with Crippen molar-refractivity contribution in [1.82, 2.24) is 14.3 Å². The molecule has 3 rings (SSSR count). The molecule has 0 bridgehead atoms. The molecule has 3 heterocycles. The molecule has 1 aliphatic rings. The number of anilines is 1. The van der Waals surface area contributed by atoms with Crippen LogP contribution in [0.2, 0.25) is 0 Å². The quantitative estimate of drug-likeness (QED) is 0.550. The molecule has 2 aromatic heterocycles. The largest absolute Gasteiger partial charge is 0.395 e. The van der Waals surface area contributed by atoms with Crippen LogP contribution in [0.5, 0.6) is 0 Å². The molecule has 1 unspecified atom stereocenters. The average Bonchev–Trinajstić information content (AvgIpc) is 2.96. The standard InChI is InChI=1S/C19H22N4O3S2/c1-4-12(3)23-18(26)14(28-19(23)27)10-13-15(20-7-9-24)21-16-11(2)6-5-8-22(16)17(13)25/h5-6,8,10,12,20,24H,4,7,9H2,1-3H3. The molecule has 0 saturated carbocycles. The molecule has 0 aliphatic carbocycles. The number of aliphatic hydroxyl groups excluding tert-OH is 1. The Labute approximate surface area is 172 Å². The molecule has 0 spiro atoms. The van der Waals surface area contributed by atoms with Gasteiger partial charge in [0.1, 0.15) is 15.8 Å². The zero-order valence-electron chi connectivity index (χ0n) is 15.9. The lowest BCUT2D eigenvalue weighted by Gasteiger charge is -2.21. The number of aromatic nitrogens is 2. The first kappa shape index (κ1) is 20.5. The van der Waals surface area contributed by atoms with Crippen LogP contribution in [0.25, 0.3) is 11.7 Å². The highest BCUT2D eigenvalue weighted by atomic mass is 32.2. The lowest BCUT2D eigenvalue weighted by Crippen LogP contribution is -2.36. The number of amides is 1. The summed E-state index contributed by atoms with van der Waals surface area (Å²) < 4.78 is 1.95. The molecule has 7 nitrogen and oxygen atoms in total. The molecule has 0 radical (unpaired) electrons. The van der Waals surface area contributed by atoms with Crippen molar-refractivity contribution in [1.29, 1.82) is 0 Å². The van der Waals surface area contributed by atoms with Gasteiger partial charge in [0.15, 0.2) is 0 Å². The minimum atomic E-state index is -0.289. The van der Waals surface area contributed by atoms with E-state index in [0.717, 1.165) is 12.0 Å². The molecular formula is C19H22N4O3S2. The number of nitrogens with one attached hydrogen (secondary N) is 1. The summed E-state index contributed by atoms with van der Waals surface area (Å²) in [4.78, 5) is 32.5. The Balaban J connectivity index is 2.15. The van der Waals surface area contributed by atoms with Crippen LogP contribution in [-0.2, 0) is 4.79 Å². The third kappa shape index (κ3) is 3.69. The molecule has 28 heavy (non-hydrogen) atoms. The van der Waals surface area contributed by atoms with E-state index in [1.807, 2.05) is 26.8 Å². The lowest BCUT2D eigenvalue weighted by atomic mass is 10.2. The van der Waals surface area contributed by atoms with Crippen molar-refractivity contribution in [2.75, 3.05) is 18.5 Å². The summed E-state index contributed by atoms with van der Waals surface area (Å²) >= 11 is 6.55. The predicted molar refractivity (Wildman–Crippen MR) is 117 cm³/mol. The van der Waals surface area contributed by atoms with Crippen molar-refractivity contribution >= 4 is 51.7 Å². The number of aryl methyl sites for hydroxylation is 1. The maximum absolute atomic E-state index is 13.1. The third-order valence-corrected chi connectivity index (χ3v) is 5.95. The van der Waals surface area contributed by atoms with E-state index in [1.54, 1.807) is 23.2 Å². The van der Waals surface area contributed by atoms with E-state index in [0.29, 0.717) is 20.7 Å². The highest BCUT2D eigenvalue weighted by Crippen LogP contribution is 2.34. The molecule has 1 saturated heterocycles. The van der Waals surface area contributed by atoms with Crippen molar-refractivity contribution in [3.8, 4) is 0 Å². The van der Waals surface area contributed by atoms with Gasteiger partial charge >= 0.3 is 0 Å². The molecular weight excluding hydrogens is 396 g/mol. The van der Waals surface area contributed by atoms with E-state index < -0.39 is 0 Å². The van der Waals surface area contributed by atoms with Crippen LogP contribution in [0.15, 0.2) is 28.0 Å². The van der Waals surface area contributed by atoms with E-state index >= 15 is 0 Å². The van der Waals surface area contributed by atoms with E-state index in [9.17, 15) is 9.59 Å². The van der Waals surface area contributed by atoms with Gasteiger partial charge in [0.2, 0.25) is 0 Å². The van der Waals surface area contributed by atoms with Crippen molar-refractivity contribution in [2.24, 2.45) is 0 Å². The average molecular weight is 419 g/mol. The van der Waals surface area contributed by atoms with Gasteiger partial charge in [0, 0.05) is 18.8 Å². The van der Waals surface area contributed by atoms with E-state index in [-0.39, 0.29) is 36.2 Å². The first-order valence-corrected chi connectivity index (χ1v) is 10.2. The summed E-state index contributed by atoms with van der Waals surface area (Å²) in [5.74, 6) is 0.133. The Morgan fingerprint density at radius 2 is 2.18 bits per heavy atom. The summed E-state index contributed by atoms with van der Waals surface area (Å²) in [7, 11) is 0. The van der Waals surface area contributed by atoms with Crippen LogP contribution in [-0.4, -0.2) is 48.8 Å². The monoisotopic (exact) mass is 418 g/mol. The van der Waals surface area contributed by atoms with Crippen LogP contribution >= 0.6 is 24.0 Å². The van der Waals surface area contributed by atoms with Gasteiger partial charge in [0.05, 0.1) is 17.1 Å². The molecule has 1 fully saturated rings. The number of thioether (sulfide) groups is 1. The summed E-state index contributed by atoms with van der Waals surface area (Å²) in [5.41, 5.74) is 1.35. The summed E-state index contributed by atoms with van der Waals surface area (Å²) in [6.45, 7) is 5.94. The first-order valence-electron chi connectivity index (χ1n) is 9.02. The Morgan fingerprint density at radius 1 is 1.43 bits per heavy atom. The van der Waals surface area contributed by atoms with Crippen molar-refractivity contribution < 1.29 is 9.90 Å². The van der Waals surface area contributed by atoms with E-state index in [2.05, 4.69) is 10.3 Å². The molecule has 1 aliphatic heterocycles. The Kier molecular flexibility index (Phi) is 6.17. The van der Waals surface area contributed by atoms with Crippen molar-refractivity contribution in [3.05, 3.63) is 44.7 Å². The second kappa shape index (κ2) is 8.42. The molecule has 2 N–H and O–H groups in total. The number of thiocarbonyl (C=S) groups is 1. The van der Waals surface area contributed by atoms with Gasteiger partial charge in [-0.1, -0.05) is 37.0 Å². The second-order valence-electron chi connectivity index (χ2n) is 6.52. The Morgan fingerprint density at radius 3 is 2.86 bits per heavy atom. The Hall–Kier alpha value is -2.23. The fourth-order valence-corrected chi connectivity index (χ4v) is 4.37. The minimum Gasteiger partial charge on any atom is -0.395 e. The number of carbonyl (C=O) groups is 1. The summed E-state index contributed by atoms with van der Waals surface area (Å²) in [5, 5.41) is 12.2. The molecule has 0 aromatic carbocycles. The molecule has 1 atom stereocenters. The lowest BCUT2D eigenvalue weighted by molar-refractivity contribution is -0.123. The number of rotatable bonds is 6. The predicted octanol–water partition coefficient (Wildman–Crippen LogP) is 2.41. The number of hydrogen-bond acceptors (Lipinski definition) is 7. The summed E-state index contributed by atoms with van der Waals surface area (Å²) in [6.07, 6.45) is 3.98. The smallest absolute Gasteiger partial charge is 0.267 e. The van der Waals surface area contributed by atoms with Crippen LogP contribution in [0.4, 0.5) is 5.82 Å². The fraction of sp³-hybridized carbons (Fsp3) is 0.368. The first-order chi connectivity index (χ1) is 13.4. The highest BCUT2D eigenvalue weighted by molar-refractivity contribution is 8.26. The van der Waals surface area contributed by atoms with Gasteiger partial charge in [-0.3, -0.25) is 18.9 Å². The van der Waals surface area contributed by atoms with Crippen LogP contribution < -0.4 is 10.9 Å². The third-order valence-electron chi connectivity index (χ3n) is 4.62. The van der Waals surface area contributed by atoms with Crippen LogP contribution in [0, 0.1) is 6.92 Å². The molecule has 148 valence electrons. The molecule has 2 aromatic rings. The molecule has 1 amide bonds. The van der Waals surface area contributed by atoms with Gasteiger partial charge in [-0.25, -0.2) is 4.98 Å². The SMILES string of the molecule is CCC(C)N1C(=O)C(=Cc2c(NCCO)nc3c(C)cccn3c2=O)SC1=S. The topological polar surface area (TPSA) is 86.9 Å². The van der Waals surface area contributed by atoms with Gasteiger partial charge in [0.25, 0.3) is 11.5 Å². The fourth-order valence-electron chi connectivity index (χ4n) is 2.92. The normalized spacial score (nSPS) is 17.0. The highest BCUT2D eigenvalue weighted by Gasteiger charge is 2.35.